The second-order valence-electron chi connectivity index (χ2n) is 6.29. The van der Waals surface area contributed by atoms with Crippen LogP contribution in [-0.4, -0.2) is 45.2 Å². The monoisotopic (exact) mass is 366 g/mol. The van der Waals surface area contributed by atoms with Crippen LogP contribution in [0, 0.1) is 0 Å². The lowest BCUT2D eigenvalue weighted by Crippen LogP contribution is -2.44. The van der Waals surface area contributed by atoms with Crippen LogP contribution in [0.3, 0.4) is 0 Å². The highest BCUT2D eigenvalue weighted by Gasteiger charge is 2.23. The number of carbonyl (C=O) groups excluding carboxylic acids is 1. The third-order valence-electron chi connectivity index (χ3n) is 4.44. The minimum Gasteiger partial charge on any atom is -0.494 e. The van der Waals surface area contributed by atoms with Crippen molar-refractivity contribution in [3.8, 4) is 5.75 Å². The molecule has 2 aromatic rings. The van der Waals surface area contributed by atoms with Gasteiger partial charge in [-0.3, -0.25) is 9.79 Å². The third-order valence-corrected chi connectivity index (χ3v) is 4.44. The first-order valence-corrected chi connectivity index (χ1v) is 9.28. The number of amides is 1. The second kappa shape index (κ2) is 9.62. The molecule has 6 nitrogen and oxygen atoms in total. The van der Waals surface area contributed by atoms with Crippen molar-refractivity contribution in [2.75, 3.05) is 38.2 Å². The van der Waals surface area contributed by atoms with Gasteiger partial charge in [0.15, 0.2) is 5.96 Å². The van der Waals surface area contributed by atoms with E-state index in [9.17, 15) is 4.79 Å². The van der Waals surface area contributed by atoms with Crippen LogP contribution in [0.4, 0.5) is 5.69 Å². The van der Waals surface area contributed by atoms with Gasteiger partial charge in [0, 0.05) is 25.8 Å². The number of para-hydroxylation sites is 2. The Labute approximate surface area is 160 Å². The summed E-state index contributed by atoms with van der Waals surface area (Å²) in [5.74, 6) is 1.54. The zero-order valence-electron chi connectivity index (χ0n) is 15.6. The fourth-order valence-electron chi connectivity index (χ4n) is 3.06. The molecular formula is C21H26N4O2. The number of carbonyl (C=O) groups is 1. The molecule has 1 amide bonds. The number of nitrogens with zero attached hydrogens (tertiary/aromatic N) is 2. The van der Waals surface area contributed by atoms with Gasteiger partial charge in [-0.05, 0) is 36.6 Å². The van der Waals surface area contributed by atoms with Gasteiger partial charge in [0.25, 0.3) is 0 Å². The molecule has 0 radical (unpaired) electrons. The van der Waals surface area contributed by atoms with Gasteiger partial charge in [0.1, 0.15) is 5.75 Å². The van der Waals surface area contributed by atoms with Gasteiger partial charge in [0.2, 0.25) is 5.91 Å². The highest BCUT2D eigenvalue weighted by Crippen LogP contribution is 2.27. The smallest absolute Gasteiger partial charge is 0.246 e. The number of nitrogens with one attached hydrogen (secondary N) is 2. The molecule has 0 aliphatic carbocycles. The second-order valence-corrected chi connectivity index (χ2v) is 6.29. The number of hydrogen-bond donors (Lipinski definition) is 2. The van der Waals surface area contributed by atoms with E-state index in [0.29, 0.717) is 19.1 Å². The summed E-state index contributed by atoms with van der Waals surface area (Å²) < 4.78 is 5.66. The molecule has 2 aromatic carbocycles. The third kappa shape index (κ3) is 5.23. The van der Waals surface area contributed by atoms with Crippen molar-refractivity contribution in [3.05, 3.63) is 60.2 Å². The largest absolute Gasteiger partial charge is 0.494 e. The lowest BCUT2D eigenvalue weighted by Gasteiger charge is -2.18. The molecule has 0 unspecified atom stereocenters. The number of fused-ring (bicyclic) bond motifs is 1. The molecule has 6 heteroatoms. The van der Waals surface area contributed by atoms with E-state index in [2.05, 4.69) is 21.7 Å². The van der Waals surface area contributed by atoms with E-state index >= 15 is 0 Å². The summed E-state index contributed by atoms with van der Waals surface area (Å²) in [6.07, 6.45) is 1.75. The van der Waals surface area contributed by atoms with Gasteiger partial charge in [-0.1, -0.05) is 36.4 Å². The summed E-state index contributed by atoms with van der Waals surface area (Å²) in [4.78, 5) is 18.5. The van der Waals surface area contributed by atoms with Gasteiger partial charge in [0.05, 0.1) is 13.2 Å². The first kappa shape index (κ1) is 18.8. The van der Waals surface area contributed by atoms with Crippen LogP contribution in [0.25, 0.3) is 0 Å². The van der Waals surface area contributed by atoms with Crippen LogP contribution in [-0.2, 0) is 11.2 Å². The molecule has 2 N–H and O–H groups in total. The maximum absolute atomic E-state index is 12.5. The average Bonchev–Trinajstić information content (AvgIpc) is 3.15. The number of rotatable bonds is 7. The van der Waals surface area contributed by atoms with Crippen LogP contribution < -0.4 is 20.3 Å². The molecule has 1 aliphatic rings. The summed E-state index contributed by atoms with van der Waals surface area (Å²) in [7, 11) is 1.70. The molecule has 1 heterocycles. The van der Waals surface area contributed by atoms with Crippen molar-refractivity contribution in [3.63, 3.8) is 0 Å². The number of ether oxygens (including phenoxy) is 1. The van der Waals surface area contributed by atoms with Gasteiger partial charge >= 0.3 is 0 Å². The lowest BCUT2D eigenvalue weighted by molar-refractivity contribution is -0.117. The first-order chi connectivity index (χ1) is 13.3. The Morgan fingerprint density at radius 3 is 2.70 bits per heavy atom. The fraction of sp³-hybridized carbons (Fsp3) is 0.333. The highest BCUT2D eigenvalue weighted by molar-refractivity contribution is 5.98. The summed E-state index contributed by atoms with van der Waals surface area (Å²) >= 11 is 0. The van der Waals surface area contributed by atoms with Crippen molar-refractivity contribution in [2.24, 2.45) is 4.99 Å². The predicted octanol–water partition coefficient (Wildman–Crippen LogP) is 2.21. The maximum atomic E-state index is 12.5. The number of benzene rings is 2. The average molecular weight is 366 g/mol. The van der Waals surface area contributed by atoms with E-state index < -0.39 is 0 Å². The standard InChI is InChI=1S/C21H26N4O2/c1-22-21(23-13-7-15-27-18-9-3-2-4-10-18)24-16-20(26)25-14-12-17-8-5-6-11-19(17)25/h2-6,8-11H,7,12-16H2,1H3,(H2,22,23,24). The van der Waals surface area contributed by atoms with Gasteiger partial charge in [-0.2, -0.15) is 0 Å². The summed E-state index contributed by atoms with van der Waals surface area (Å²) in [6.45, 7) is 2.29. The van der Waals surface area contributed by atoms with E-state index in [1.807, 2.05) is 53.4 Å². The van der Waals surface area contributed by atoms with E-state index in [4.69, 9.17) is 4.74 Å². The minimum absolute atomic E-state index is 0.0512. The molecule has 0 bridgehead atoms. The molecule has 3 rings (SSSR count). The zero-order chi connectivity index (χ0) is 18.9. The number of anilines is 1. The Morgan fingerprint density at radius 2 is 1.89 bits per heavy atom. The van der Waals surface area contributed by atoms with Gasteiger partial charge < -0.3 is 20.3 Å². The summed E-state index contributed by atoms with van der Waals surface area (Å²) in [6, 6.07) is 17.8. The molecule has 1 aliphatic heterocycles. The predicted molar refractivity (Wildman–Crippen MR) is 108 cm³/mol. The lowest BCUT2D eigenvalue weighted by atomic mass is 10.2. The SMILES string of the molecule is CN=C(NCCCOc1ccccc1)NCC(=O)N1CCc2ccccc21. The van der Waals surface area contributed by atoms with E-state index in [1.54, 1.807) is 7.05 Å². The Hall–Kier alpha value is -3.02. The van der Waals surface area contributed by atoms with Crippen LogP contribution >= 0.6 is 0 Å². The van der Waals surface area contributed by atoms with E-state index in [-0.39, 0.29) is 12.5 Å². The van der Waals surface area contributed by atoms with Crippen LogP contribution in [0.2, 0.25) is 0 Å². The molecule has 0 aromatic heterocycles. The molecule has 0 atom stereocenters. The summed E-state index contributed by atoms with van der Waals surface area (Å²) in [5, 5.41) is 6.30. The minimum atomic E-state index is 0.0512. The van der Waals surface area contributed by atoms with Crippen molar-refractivity contribution in [1.82, 2.24) is 10.6 Å². The number of aliphatic imine (C=N–C) groups is 1. The van der Waals surface area contributed by atoms with Crippen molar-refractivity contribution >= 4 is 17.6 Å². The van der Waals surface area contributed by atoms with Crippen LogP contribution in [0.5, 0.6) is 5.75 Å². The van der Waals surface area contributed by atoms with E-state index in [0.717, 1.165) is 30.8 Å². The van der Waals surface area contributed by atoms with Crippen LogP contribution in [0.15, 0.2) is 59.6 Å². The Kier molecular flexibility index (Phi) is 6.68. The van der Waals surface area contributed by atoms with Gasteiger partial charge in [-0.15, -0.1) is 0 Å². The normalized spacial score (nSPS) is 13.2. The van der Waals surface area contributed by atoms with Crippen molar-refractivity contribution in [2.45, 2.75) is 12.8 Å². The molecule has 0 saturated carbocycles. The molecular weight excluding hydrogens is 340 g/mol. The molecule has 142 valence electrons. The Balaban J connectivity index is 1.36. The molecule has 0 saturated heterocycles. The highest BCUT2D eigenvalue weighted by atomic mass is 16.5. The molecule has 0 spiro atoms. The summed E-state index contributed by atoms with van der Waals surface area (Å²) in [5.41, 5.74) is 2.25. The fourth-order valence-corrected chi connectivity index (χ4v) is 3.06. The Morgan fingerprint density at radius 1 is 1.11 bits per heavy atom. The zero-order valence-corrected chi connectivity index (χ0v) is 15.6. The molecule has 27 heavy (non-hydrogen) atoms. The topological polar surface area (TPSA) is 66.0 Å². The van der Waals surface area contributed by atoms with E-state index in [1.165, 1.54) is 5.56 Å². The van der Waals surface area contributed by atoms with Crippen molar-refractivity contribution in [1.29, 1.82) is 0 Å². The first-order valence-electron chi connectivity index (χ1n) is 9.28. The number of guanidine groups is 1. The van der Waals surface area contributed by atoms with Crippen molar-refractivity contribution < 1.29 is 9.53 Å². The Bertz CT molecular complexity index is 777. The van der Waals surface area contributed by atoms with Crippen LogP contribution in [0.1, 0.15) is 12.0 Å². The molecule has 0 fully saturated rings. The maximum Gasteiger partial charge on any atom is 0.246 e. The van der Waals surface area contributed by atoms with Gasteiger partial charge in [-0.25, -0.2) is 0 Å². The number of hydrogen-bond acceptors (Lipinski definition) is 3. The quantitative estimate of drug-likeness (QED) is 0.448.